The highest BCUT2D eigenvalue weighted by atomic mass is 32.2. The maximum absolute atomic E-state index is 12.9. The Morgan fingerprint density at radius 1 is 1.53 bits per heavy atom. The van der Waals surface area contributed by atoms with E-state index in [2.05, 4.69) is 4.98 Å². The summed E-state index contributed by atoms with van der Waals surface area (Å²) in [6.07, 6.45) is 2.22. The number of thioether (sulfide) groups is 1. The highest BCUT2D eigenvalue weighted by Gasteiger charge is 2.35. The van der Waals surface area contributed by atoms with Gasteiger partial charge in [0, 0.05) is 11.9 Å². The lowest BCUT2D eigenvalue weighted by molar-refractivity contribution is -0.140. The number of hydrogen-bond acceptors (Lipinski definition) is 4. The van der Waals surface area contributed by atoms with Gasteiger partial charge < -0.3 is 10.0 Å². The first kappa shape index (κ1) is 11.8. The van der Waals surface area contributed by atoms with Crippen LogP contribution in [-0.2, 0) is 4.79 Å². The molecule has 17 heavy (non-hydrogen) atoms. The van der Waals surface area contributed by atoms with Gasteiger partial charge in [-0.15, -0.1) is 11.8 Å². The number of halogens is 1. The third kappa shape index (κ3) is 2.38. The van der Waals surface area contributed by atoms with Crippen molar-refractivity contribution >= 4 is 23.6 Å². The number of aromatic nitrogens is 1. The summed E-state index contributed by atoms with van der Waals surface area (Å²) < 4.78 is 12.9. The van der Waals surface area contributed by atoms with Gasteiger partial charge in [-0.3, -0.25) is 9.78 Å². The number of nitrogens with zero attached hydrogens (tertiary/aromatic N) is 2. The van der Waals surface area contributed by atoms with E-state index in [4.69, 9.17) is 5.11 Å². The average molecular weight is 256 g/mol. The summed E-state index contributed by atoms with van der Waals surface area (Å²) >= 11 is 1.36. The molecule has 0 bridgehead atoms. The van der Waals surface area contributed by atoms with Gasteiger partial charge in [0.2, 0.25) is 0 Å². The summed E-state index contributed by atoms with van der Waals surface area (Å²) in [5, 5.41) is 8.94. The van der Waals surface area contributed by atoms with Crippen LogP contribution in [0.15, 0.2) is 18.5 Å². The smallest absolute Gasteiger partial charge is 0.327 e. The quantitative estimate of drug-likeness (QED) is 0.848. The maximum Gasteiger partial charge on any atom is 0.327 e. The molecule has 0 radical (unpaired) electrons. The van der Waals surface area contributed by atoms with E-state index in [0.717, 1.165) is 12.3 Å². The number of rotatable bonds is 2. The van der Waals surface area contributed by atoms with Crippen LogP contribution in [0.2, 0.25) is 0 Å². The molecule has 5 nitrogen and oxygen atoms in total. The SMILES string of the molecule is O=C(O)C1CSCN1C(=O)c1cncc(F)c1. The Bertz CT molecular complexity index is 469. The van der Waals surface area contributed by atoms with Crippen molar-refractivity contribution in [2.75, 3.05) is 11.6 Å². The number of carbonyl (C=O) groups is 2. The van der Waals surface area contributed by atoms with Gasteiger partial charge >= 0.3 is 5.97 Å². The highest BCUT2D eigenvalue weighted by Crippen LogP contribution is 2.23. The van der Waals surface area contributed by atoms with Gasteiger partial charge in [-0.2, -0.15) is 0 Å². The predicted octanol–water partition coefficient (Wildman–Crippen LogP) is 0.820. The molecule has 2 heterocycles. The molecule has 1 amide bonds. The number of carbonyl (C=O) groups excluding carboxylic acids is 1. The van der Waals surface area contributed by atoms with Crippen LogP contribution < -0.4 is 0 Å². The topological polar surface area (TPSA) is 70.5 Å². The molecule has 1 aliphatic heterocycles. The average Bonchev–Trinajstić information content (AvgIpc) is 2.77. The van der Waals surface area contributed by atoms with Crippen molar-refractivity contribution in [3.63, 3.8) is 0 Å². The maximum atomic E-state index is 12.9. The molecule has 1 aromatic heterocycles. The van der Waals surface area contributed by atoms with Gasteiger partial charge in [0.25, 0.3) is 5.91 Å². The summed E-state index contributed by atoms with van der Waals surface area (Å²) in [6.45, 7) is 0. The lowest BCUT2D eigenvalue weighted by Gasteiger charge is -2.20. The van der Waals surface area contributed by atoms with Crippen LogP contribution in [0.4, 0.5) is 4.39 Å². The number of carboxylic acids is 1. The Labute approximate surface area is 101 Å². The molecule has 1 saturated heterocycles. The molecule has 0 saturated carbocycles. The van der Waals surface area contributed by atoms with Gasteiger partial charge in [-0.25, -0.2) is 9.18 Å². The Morgan fingerprint density at radius 3 is 2.94 bits per heavy atom. The molecule has 1 aromatic rings. The van der Waals surface area contributed by atoms with Gasteiger partial charge in [0.05, 0.1) is 17.6 Å². The Morgan fingerprint density at radius 2 is 2.29 bits per heavy atom. The van der Waals surface area contributed by atoms with Crippen LogP contribution in [0.3, 0.4) is 0 Å². The highest BCUT2D eigenvalue weighted by molar-refractivity contribution is 7.99. The lowest BCUT2D eigenvalue weighted by Crippen LogP contribution is -2.41. The van der Waals surface area contributed by atoms with E-state index in [1.165, 1.54) is 22.9 Å². The molecule has 1 unspecified atom stereocenters. The lowest BCUT2D eigenvalue weighted by atomic mass is 10.2. The van der Waals surface area contributed by atoms with Crippen LogP contribution in [-0.4, -0.2) is 44.5 Å². The van der Waals surface area contributed by atoms with Crippen LogP contribution in [0.1, 0.15) is 10.4 Å². The first-order valence-electron chi connectivity index (χ1n) is 4.81. The zero-order valence-electron chi connectivity index (χ0n) is 8.67. The first-order chi connectivity index (χ1) is 8.09. The van der Waals surface area contributed by atoms with Crippen molar-refractivity contribution in [1.82, 2.24) is 9.88 Å². The third-order valence-corrected chi connectivity index (χ3v) is 3.39. The summed E-state index contributed by atoms with van der Waals surface area (Å²) in [4.78, 5) is 27.7. The molecule has 1 N–H and O–H groups in total. The molecular formula is C10H9FN2O3S. The molecule has 90 valence electrons. The second-order valence-electron chi connectivity index (χ2n) is 3.52. The predicted molar refractivity (Wildman–Crippen MR) is 59.1 cm³/mol. The van der Waals surface area contributed by atoms with Crippen molar-refractivity contribution in [1.29, 1.82) is 0 Å². The second-order valence-corrected chi connectivity index (χ2v) is 4.52. The van der Waals surface area contributed by atoms with Crippen molar-refractivity contribution in [2.45, 2.75) is 6.04 Å². The van der Waals surface area contributed by atoms with E-state index in [9.17, 15) is 14.0 Å². The third-order valence-electron chi connectivity index (χ3n) is 2.38. The van der Waals surface area contributed by atoms with Crippen molar-refractivity contribution < 1.29 is 19.1 Å². The minimum Gasteiger partial charge on any atom is -0.480 e. The molecular weight excluding hydrogens is 247 g/mol. The summed E-state index contributed by atoms with van der Waals surface area (Å²) in [5.74, 6) is -1.52. The van der Waals surface area contributed by atoms with Crippen molar-refractivity contribution in [3.05, 3.63) is 29.8 Å². The molecule has 0 spiro atoms. The van der Waals surface area contributed by atoms with Crippen LogP contribution in [0.25, 0.3) is 0 Å². The Balaban J connectivity index is 2.23. The van der Waals surface area contributed by atoms with Gasteiger partial charge in [-0.05, 0) is 6.07 Å². The molecule has 1 atom stereocenters. The fourth-order valence-corrected chi connectivity index (χ4v) is 2.69. The standard InChI is InChI=1S/C10H9FN2O3S/c11-7-1-6(2-12-3-7)9(14)13-5-17-4-8(13)10(15)16/h1-3,8H,4-5H2,(H,15,16). The van der Waals surface area contributed by atoms with Gasteiger partial charge in [-0.1, -0.05) is 0 Å². The fourth-order valence-electron chi connectivity index (χ4n) is 1.54. The van der Waals surface area contributed by atoms with Crippen molar-refractivity contribution in [2.24, 2.45) is 0 Å². The normalized spacial score (nSPS) is 19.4. The number of aliphatic carboxylic acids is 1. The zero-order valence-corrected chi connectivity index (χ0v) is 9.48. The molecule has 7 heteroatoms. The molecule has 2 rings (SSSR count). The summed E-state index contributed by atoms with van der Waals surface area (Å²) in [5.41, 5.74) is 0.0683. The van der Waals surface area contributed by atoms with Crippen molar-refractivity contribution in [3.8, 4) is 0 Å². The Kier molecular flexibility index (Phi) is 3.28. The first-order valence-corrected chi connectivity index (χ1v) is 5.97. The fraction of sp³-hybridized carbons (Fsp3) is 0.300. The molecule has 0 aliphatic carbocycles. The van der Waals surface area contributed by atoms with Crippen LogP contribution in [0.5, 0.6) is 0 Å². The van der Waals surface area contributed by atoms with Crippen LogP contribution >= 0.6 is 11.8 Å². The van der Waals surface area contributed by atoms with Gasteiger partial charge in [0.15, 0.2) is 0 Å². The van der Waals surface area contributed by atoms with E-state index in [1.54, 1.807) is 0 Å². The molecule has 0 aromatic carbocycles. The second kappa shape index (κ2) is 4.70. The van der Waals surface area contributed by atoms with E-state index in [-0.39, 0.29) is 5.56 Å². The minimum absolute atomic E-state index is 0.0683. The number of amides is 1. The number of hydrogen-bond donors (Lipinski definition) is 1. The summed E-state index contributed by atoms with van der Waals surface area (Å²) in [7, 11) is 0. The van der Waals surface area contributed by atoms with E-state index >= 15 is 0 Å². The summed E-state index contributed by atoms with van der Waals surface area (Å²) in [6, 6.07) is 0.202. The van der Waals surface area contributed by atoms with E-state index in [0.29, 0.717) is 11.6 Å². The van der Waals surface area contributed by atoms with E-state index < -0.39 is 23.7 Å². The largest absolute Gasteiger partial charge is 0.480 e. The van der Waals surface area contributed by atoms with Gasteiger partial charge in [0.1, 0.15) is 11.9 Å². The van der Waals surface area contributed by atoms with Crippen LogP contribution in [0, 0.1) is 5.82 Å². The van der Waals surface area contributed by atoms with E-state index in [1.807, 2.05) is 0 Å². The molecule has 1 aliphatic rings. The minimum atomic E-state index is -1.05. The number of carboxylic acid groups (broad SMARTS) is 1. The Hall–Kier alpha value is -1.63. The monoisotopic (exact) mass is 256 g/mol. The molecule has 1 fully saturated rings. The zero-order chi connectivity index (χ0) is 12.4. The number of pyridine rings is 1.